The lowest BCUT2D eigenvalue weighted by Crippen LogP contribution is -2.47. The minimum absolute atomic E-state index is 0.277. The smallest absolute Gasteiger partial charge is 0.250 e. The summed E-state index contributed by atoms with van der Waals surface area (Å²) in [4.78, 5) is 23.2. The Balaban J connectivity index is 3.01. The Morgan fingerprint density at radius 2 is 1.77 bits per heavy atom. The topological polar surface area (TPSA) is 93.9 Å². The van der Waals surface area contributed by atoms with Gasteiger partial charge in [-0.15, -0.1) is 0 Å². The number of carbonyl (C=O) groups is 2. The third-order valence-electron chi connectivity index (χ3n) is 3.04. The number of nitrogens with two attached hydrogens (primary N) is 1. The molecule has 1 unspecified atom stereocenters. The maximum atomic E-state index is 11.9. The number of hydrazine groups is 1. The van der Waals surface area contributed by atoms with Crippen molar-refractivity contribution in [2.24, 2.45) is 11.7 Å². The van der Waals surface area contributed by atoms with Crippen LogP contribution in [0.1, 0.15) is 12.5 Å². The van der Waals surface area contributed by atoms with Crippen LogP contribution < -0.4 is 20.6 Å². The van der Waals surface area contributed by atoms with Crippen molar-refractivity contribution in [3.05, 3.63) is 23.8 Å². The molecule has 0 spiro atoms. The van der Waals surface area contributed by atoms with Crippen LogP contribution in [0.25, 0.3) is 0 Å². The molecule has 22 heavy (non-hydrogen) atoms. The van der Waals surface area contributed by atoms with Crippen molar-refractivity contribution in [3.63, 3.8) is 0 Å². The second-order valence-electron chi connectivity index (χ2n) is 4.50. The second kappa shape index (κ2) is 7.60. The number of methoxy groups -OCH3 is 2. The number of thiocarbonyl (C=S) groups is 1. The van der Waals surface area contributed by atoms with Gasteiger partial charge in [-0.25, -0.2) is 0 Å². The van der Waals surface area contributed by atoms with Gasteiger partial charge in [-0.2, -0.15) is 0 Å². The van der Waals surface area contributed by atoms with Gasteiger partial charge in [0.05, 0.1) is 19.8 Å². The first-order valence-electron chi connectivity index (χ1n) is 6.42. The largest absolute Gasteiger partial charge is 0.496 e. The molecule has 7 nitrogen and oxygen atoms in total. The summed E-state index contributed by atoms with van der Waals surface area (Å²) >= 11 is 5.36. The average molecular weight is 325 g/mol. The molecular weight excluding hydrogens is 306 g/mol. The Hall–Kier alpha value is -2.35. The van der Waals surface area contributed by atoms with Crippen molar-refractivity contribution in [1.82, 2.24) is 10.4 Å². The first-order valence-corrected chi connectivity index (χ1v) is 6.83. The molecule has 120 valence electrons. The van der Waals surface area contributed by atoms with Gasteiger partial charge in [0.1, 0.15) is 22.4 Å². The summed E-state index contributed by atoms with van der Waals surface area (Å²) < 4.78 is 10.5. The minimum atomic E-state index is -0.968. The molecule has 0 bridgehead atoms. The number of ether oxygens (including phenoxy) is 2. The predicted octanol–water partition coefficient (Wildman–Crippen LogP) is 0.464. The van der Waals surface area contributed by atoms with Crippen LogP contribution in [0.5, 0.6) is 11.5 Å². The molecule has 2 amide bonds. The summed E-state index contributed by atoms with van der Waals surface area (Å²) in [6, 6.07) is 5.22. The number of nitrogens with zero attached hydrogens (tertiary/aromatic N) is 1. The Morgan fingerprint density at radius 3 is 2.18 bits per heavy atom. The van der Waals surface area contributed by atoms with E-state index in [0.717, 1.165) is 0 Å². The number of hydrogen-bond acceptors (Lipinski definition) is 5. The highest BCUT2D eigenvalue weighted by Crippen LogP contribution is 2.29. The van der Waals surface area contributed by atoms with Gasteiger partial charge in [0.15, 0.2) is 0 Å². The number of carbonyl (C=O) groups excluding carboxylic acids is 2. The van der Waals surface area contributed by atoms with Gasteiger partial charge in [-0.3, -0.25) is 20.0 Å². The molecule has 0 heterocycles. The summed E-state index contributed by atoms with van der Waals surface area (Å²) in [5, 5.41) is 1.32. The van der Waals surface area contributed by atoms with Crippen molar-refractivity contribution in [2.75, 3.05) is 21.3 Å². The van der Waals surface area contributed by atoms with Crippen LogP contribution in [0.2, 0.25) is 0 Å². The first kappa shape index (κ1) is 17.7. The lowest BCUT2D eigenvalue weighted by atomic mass is 10.1. The highest BCUT2D eigenvalue weighted by atomic mass is 32.1. The molecule has 0 fully saturated rings. The molecule has 0 aromatic heterocycles. The zero-order chi connectivity index (χ0) is 16.9. The number of amides is 2. The fourth-order valence-electron chi connectivity index (χ4n) is 1.67. The summed E-state index contributed by atoms with van der Waals surface area (Å²) in [5.74, 6) is -1.22. The number of nitrogens with one attached hydrogen (secondary N) is 1. The van der Waals surface area contributed by atoms with E-state index in [9.17, 15) is 9.59 Å². The van der Waals surface area contributed by atoms with E-state index in [-0.39, 0.29) is 4.99 Å². The Morgan fingerprint density at radius 1 is 1.27 bits per heavy atom. The SMILES string of the molecule is COc1cccc(OC)c1C(=S)N(C)NC(=O)C(C)C(N)=O. The average Bonchev–Trinajstić information content (AvgIpc) is 2.51. The van der Waals surface area contributed by atoms with E-state index in [1.165, 1.54) is 26.2 Å². The van der Waals surface area contributed by atoms with E-state index in [4.69, 9.17) is 27.4 Å². The van der Waals surface area contributed by atoms with E-state index < -0.39 is 17.7 Å². The van der Waals surface area contributed by atoms with E-state index in [2.05, 4.69) is 5.43 Å². The normalized spacial score (nSPS) is 11.3. The van der Waals surface area contributed by atoms with Gasteiger partial charge in [-0.1, -0.05) is 18.3 Å². The molecule has 0 saturated carbocycles. The van der Waals surface area contributed by atoms with Crippen LogP contribution >= 0.6 is 12.2 Å². The van der Waals surface area contributed by atoms with Crippen molar-refractivity contribution in [2.45, 2.75) is 6.92 Å². The summed E-state index contributed by atoms with van der Waals surface area (Å²) in [6.45, 7) is 1.41. The van der Waals surface area contributed by atoms with Crippen molar-refractivity contribution >= 4 is 29.0 Å². The van der Waals surface area contributed by atoms with Gasteiger partial charge in [0.2, 0.25) is 5.91 Å². The molecule has 1 atom stereocenters. The number of rotatable bonds is 5. The molecule has 0 radical (unpaired) electrons. The van der Waals surface area contributed by atoms with Crippen molar-refractivity contribution in [1.29, 1.82) is 0 Å². The van der Waals surface area contributed by atoms with E-state index in [1.54, 1.807) is 25.2 Å². The summed E-state index contributed by atoms with van der Waals surface area (Å²) in [6.07, 6.45) is 0. The third kappa shape index (κ3) is 3.85. The molecule has 1 aromatic rings. The maximum Gasteiger partial charge on any atom is 0.250 e. The third-order valence-corrected chi connectivity index (χ3v) is 3.52. The number of benzene rings is 1. The first-order chi connectivity index (χ1) is 10.3. The summed E-state index contributed by atoms with van der Waals surface area (Å²) in [7, 11) is 4.57. The monoisotopic (exact) mass is 325 g/mol. The van der Waals surface area contributed by atoms with Crippen LogP contribution in [0.3, 0.4) is 0 Å². The Labute approximate surface area is 134 Å². The lowest BCUT2D eigenvalue weighted by molar-refractivity contribution is -0.134. The van der Waals surface area contributed by atoms with Gasteiger partial charge >= 0.3 is 0 Å². The lowest BCUT2D eigenvalue weighted by Gasteiger charge is -2.24. The number of hydrogen-bond donors (Lipinski definition) is 2. The Kier molecular flexibility index (Phi) is 6.11. The molecule has 0 aliphatic heterocycles. The molecule has 0 aliphatic carbocycles. The second-order valence-corrected chi connectivity index (χ2v) is 4.89. The van der Waals surface area contributed by atoms with Gasteiger partial charge in [0.25, 0.3) is 5.91 Å². The molecule has 0 saturated heterocycles. The molecular formula is C14H19N3O4S. The molecule has 1 aromatic carbocycles. The quantitative estimate of drug-likeness (QED) is 0.464. The maximum absolute atomic E-state index is 11.9. The van der Waals surface area contributed by atoms with Gasteiger partial charge in [0, 0.05) is 7.05 Å². The Bertz CT molecular complexity index is 569. The van der Waals surface area contributed by atoms with Crippen molar-refractivity contribution in [3.8, 4) is 11.5 Å². The molecule has 3 N–H and O–H groups in total. The highest BCUT2D eigenvalue weighted by molar-refractivity contribution is 7.80. The van der Waals surface area contributed by atoms with E-state index >= 15 is 0 Å². The summed E-state index contributed by atoms with van der Waals surface area (Å²) in [5.41, 5.74) is 8.13. The van der Waals surface area contributed by atoms with E-state index in [0.29, 0.717) is 17.1 Å². The minimum Gasteiger partial charge on any atom is -0.496 e. The molecule has 1 rings (SSSR count). The number of primary amides is 1. The fraction of sp³-hybridized carbons (Fsp3) is 0.357. The predicted molar refractivity (Wildman–Crippen MR) is 85.5 cm³/mol. The fourth-order valence-corrected chi connectivity index (χ4v) is 1.92. The van der Waals surface area contributed by atoms with Gasteiger partial charge in [-0.05, 0) is 19.1 Å². The molecule has 8 heteroatoms. The zero-order valence-corrected chi connectivity index (χ0v) is 13.7. The van der Waals surface area contributed by atoms with Crippen molar-refractivity contribution < 1.29 is 19.1 Å². The van der Waals surface area contributed by atoms with Gasteiger partial charge < -0.3 is 15.2 Å². The zero-order valence-electron chi connectivity index (χ0n) is 12.9. The highest BCUT2D eigenvalue weighted by Gasteiger charge is 2.23. The van der Waals surface area contributed by atoms with E-state index in [1.807, 2.05) is 0 Å². The van der Waals surface area contributed by atoms with Crippen LogP contribution in [0.4, 0.5) is 0 Å². The van der Waals surface area contributed by atoms with Crippen LogP contribution in [-0.4, -0.2) is 43.1 Å². The van der Waals surface area contributed by atoms with Crippen LogP contribution in [-0.2, 0) is 9.59 Å². The van der Waals surface area contributed by atoms with Crippen LogP contribution in [0.15, 0.2) is 18.2 Å². The standard InChI is InChI=1S/C14H19N3O4S/c1-8(12(15)18)13(19)16-17(2)14(22)11-9(20-3)6-5-7-10(11)21-4/h5-8H,1-4H3,(H2,15,18)(H,16,19). The molecule has 0 aliphatic rings. The van der Waals surface area contributed by atoms with Crippen LogP contribution in [0, 0.1) is 5.92 Å².